The van der Waals surface area contributed by atoms with Crippen LogP contribution < -0.4 is 14.9 Å². The molecule has 1 N–H and O–H groups in total. The van der Waals surface area contributed by atoms with Crippen LogP contribution >= 0.6 is 0 Å². The SMILES string of the molecule is Cc1cccc(C(=O)Oc2ccc3ccccc3c2/C=N/NC(=O)COc2cc(C(C)C)ccc2C)c1. The van der Waals surface area contributed by atoms with Gasteiger partial charge < -0.3 is 9.47 Å². The predicted octanol–water partition coefficient (Wildman–Crippen LogP) is 6.33. The van der Waals surface area contributed by atoms with Crippen molar-refractivity contribution >= 4 is 28.9 Å². The van der Waals surface area contributed by atoms with Crippen LogP contribution in [-0.4, -0.2) is 24.7 Å². The number of aryl methyl sites for hydroxylation is 2. The lowest BCUT2D eigenvalue weighted by Gasteiger charge is -2.12. The molecule has 0 atom stereocenters. The summed E-state index contributed by atoms with van der Waals surface area (Å²) in [5.74, 6) is 0.510. The maximum absolute atomic E-state index is 12.8. The lowest BCUT2D eigenvalue weighted by molar-refractivity contribution is -0.123. The first-order chi connectivity index (χ1) is 17.8. The minimum atomic E-state index is -0.468. The molecule has 4 aromatic rings. The summed E-state index contributed by atoms with van der Waals surface area (Å²) in [6, 6.07) is 24.5. The van der Waals surface area contributed by atoms with Crippen LogP contribution in [0, 0.1) is 13.8 Å². The maximum atomic E-state index is 12.8. The van der Waals surface area contributed by atoms with Crippen molar-refractivity contribution < 1.29 is 19.1 Å². The van der Waals surface area contributed by atoms with E-state index in [0.29, 0.717) is 28.5 Å². The number of hydrazone groups is 1. The van der Waals surface area contributed by atoms with E-state index in [-0.39, 0.29) is 6.61 Å². The lowest BCUT2D eigenvalue weighted by atomic mass is 10.0. The quantitative estimate of drug-likeness (QED) is 0.134. The number of nitrogens with zero attached hydrogens (tertiary/aromatic N) is 1. The van der Waals surface area contributed by atoms with Crippen molar-refractivity contribution in [2.24, 2.45) is 5.10 Å². The number of hydrogen-bond acceptors (Lipinski definition) is 5. The smallest absolute Gasteiger partial charge is 0.343 e. The molecule has 0 radical (unpaired) electrons. The van der Waals surface area contributed by atoms with Gasteiger partial charge in [0.2, 0.25) is 0 Å². The number of rotatable bonds is 8. The average Bonchev–Trinajstić information content (AvgIpc) is 2.89. The highest BCUT2D eigenvalue weighted by molar-refractivity contribution is 6.04. The van der Waals surface area contributed by atoms with Gasteiger partial charge in [0.15, 0.2) is 6.61 Å². The molecule has 0 saturated carbocycles. The van der Waals surface area contributed by atoms with E-state index in [4.69, 9.17) is 9.47 Å². The van der Waals surface area contributed by atoms with Gasteiger partial charge in [0, 0.05) is 5.56 Å². The van der Waals surface area contributed by atoms with Crippen LogP contribution in [-0.2, 0) is 4.79 Å². The first kappa shape index (κ1) is 25.6. The van der Waals surface area contributed by atoms with Gasteiger partial charge in [-0.1, -0.05) is 74.0 Å². The third kappa shape index (κ3) is 6.41. The molecule has 0 fully saturated rings. The van der Waals surface area contributed by atoms with Crippen LogP contribution in [0.1, 0.15) is 52.4 Å². The molecule has 37 heavy (non-hydrogen) atoms. The highest BCUT2D eigenvalue weighted by Gasteiger charge is 2.14. The van der Waals surface area contributed by atoms with Gasteiger partial charge in [0.25, 0.3) is 5.91 Å². The first-order valence-electron chi connectivity index (χ1n) is 12.2. The number of hydrogen-bond donors (Lipinski definition) is 1. The third-order valence-corrected chi connectivity index (χ3v) is 6.01. The van der Waals surface area contributed by atoms with Gasteiger partial charge in [0.1, 0.15) is 11.5 Å². The van der Waals surface area contributed by atoms with E-state index in [1.54, 1.807) is 18.2 Å². The minimum absolute atomic E-state index is 0.176. The molecule has 1 amide bonds. The Balaban J connectivity index is 1.50. The Hall–Kier alpha value is -4.45. The van der Waals surface area contributed by atoms with E-state index in [1.165, 1.54) is 6.21 Å². The van der Waals surface area contributed by atoms with E-state index >= 15 is 0 Å². The van der Waals surface area contributed by atoms with Crippen molar-refractivity contribution in [3.05, 3.63) is 107 Å². The fraction of sp³-hybridized carbons (Fsp3) is 0.194. The lowest BCUT2D eigenvalue weighted by Crippen LogP contribution is -2.24. The highest BCUT2D eigenvalue weighted by Crippen LogP contribution is 2.28. The normalized spacial score (nSPS) is 11.2. The van der Waals surface area contributed by atoms with E-state index in [1.807, 2.05) is 68.4 Å². The van der Waals surface area contributed by atoms with Crippen molar-refractivity contribution in [1.82, 2.24) is 5.43 Å². The number of benzene rings is 4. The Kier molecular flexibility index (Phi) is 7.98. The number of nitrogens with one attached hydrogen (secondary N) is 1. The van der Waals surface area contributed by atoms with Crippen LogP contribution in [0.5, 0.6) is 11.5 Å². The fourth-order valence-corrected chi connectivity index (χ4v) is 3.90. The molecule has 4 aromatic carbocycles. The molecule has 0 unspecified atom stereocenters. The Bertz CT molecular complexity index is 1470. The van der Waals surface area contributed by atoms with Crippen LogP contribution in [0.3, 0.4) is 0 Å². The van der Waals surface area contributed by atoms with Crippen molar-refractivity contribution in [3.8, 4) is 11.5 Å². The van der Waals surface area contributed by atoms with Gasteiger partial charge in [-0.15, -0.1) is 0 Å². The molecular weight excluding hydrogens is 464 g/mol. The molecule has 0 aliphatic heterocycles. The summed E-state index contributed by atoms with van der Waals surface area (Å²) in [6.07, 6.45) is 1.49. The summed E-state index contributed by atoms with van der Waals surface area (Å²) in [6.45, 7) is 7.89. The van der Waals surface area contributed by atoms with E-state index in [2.05, 4.69) is 30.4 Å². The summed E-state index contributed by atoms with van der Waals surface area (Å²) < 4.78 is 11.5. The largest absolute Gasteiger partial charge is 0.483 e. The van der Waals surface area contributed by atoms with Gasteiger partial charge in [-0.05, 0) is 65.9 Å². The van der Waals surface area contributed by atoms with Gasteiger partial charge >= 0.3 is 5.97 Å². The number of fused-ring (bicyclic) bond motifs is 1. The summed E-state index contributed by atoms with van der Waals surface area (Å²) in [7, 11) is 0. The number of amides is 1. The van der Waals surface area contributed by atoms with Crippen LogP contribution in [0.25, 0.3) is 10.8 Å². The molecule has 0 aliphatic carbocycles. The zero-order valence-electron chi connectivity index (χ0n) is 21.4. The van der Waals surface area contributed by atoms with Gasteiger partial charge in [0.05, 0.1) is 11.8 Å². The number of carbonyl (C=O) groups is 2. The second-order valence-corrected chi connectivity index (χ2v) is 9.22. The molecule has 0 aliphatic rings. The van der Waals surface area contributed by atoms with Gasteiger partial charge in [-0.3, -0.25) is 4.79 Å². The summed E-state index contributed by atoms with van der Waals surface area (Å²) in [5, 5.41) is 5.92. The molecule has 188 valence electrons. The standard InChI is InChI=1S/C31H30N2O4/c1-20(2)24-13-12-22(4)29(17-24)36-19-30(34)33-32-18-27-26-11-6-5-9-23(26)14-15-28(27)37-31(35)25-10-7-8-21(3)16-25/h5-18,20H,19H2,1-4H3,(H,33,34)/b32-18+. The van der Waals surface area contributed by atoms with Crippen molar-refractivity contribution in [1.29, 1.82) is 0 Å². The third-order valence-electron chi connectivity index (χ3n) is 6.01. The molecule has 0 aromatic heterocycles. The second-order valence-electron chi connectivity index (χ2n) is 9.22. The summed E-state index contributed by atoms with van der Waals surface area (Å²) in [4.78, 5) is 25.2. The minimum Gasteiger partial charge on any atom is -0.483 e. The zero-order chi connectivity index (χ0) is 26.4. The Morgan fingerprint density at radius 1 is 0.919 bits per heavy atom. The monoisotopic (exact) mass is 494 g/mol. The van der Waals surface area contributed by atoms with Crippen molar-refractivity contribution in [2.75, 3.05) is 6.61 Å². The van der Waals surface area contributed by atoms with Crippen molar-refractivity contribution in [2.45, 2.75) is 33.6 Å². The van der Waals surface area contributed by atoms with Crippen LogP contribution in [0.15, 0.2) is 84.0 Å². The topological polar surface area (TPSA) is 77.0 Å². The molecule has 0 saturated heterocycles. The molecule has 0 spiro atoms. The molecule has 0 bridgehead atoms. The fourth-order valence-electron chi connectivity index (χ4n) is 3.90. The number of ether oxygens (including phenoxy) is 2. The van der Waals surface area contributed by atoms with Crippen molar-refractivity contribution in [3.63, 3.8) is 0 Å². The van der Waals surface area contributed by atoms with E-state index in [9.17, 15) is 9.59 Å². The number of carbonyl (C=O) groups excluding carboxylic acids is 2. The maximum Gasteiger partial charge on any atom is 0.343 e. The van der Waals surface area contributed by atoms with E-state index in [0.717, 1.165) is 27.5 Å². The second kappa shape index (κ2) is 11.5. The first-order valence-corrected chi connectivity index (χ1v) is 12.2. The van der Waals surface area contributed by atoms with Gasteiger partial charge in [-0.25, -0.2) is 10.2 Å². The molecule has 6 nitrogen and oxygen atoms in total. The molecule has 6 heteroatoms. The predicted molar refractivity (Wildman–Crippen MR) is 147 cm³/mol. The van der Waals surface area contributed by atoms with Crippen LogP contribution in [0.4, 0.5) is 0 Å². The molecule has 4 rings (SSSR count). The Morgan fingerprint density at radius 3 is 2.51 bits per heavy atom. The van der Waals surface area contributed by atoms with E-state index < -0.39 is 11.9 Å². The summed E-state index contributed by atoms with van der Waals surface area (Å²) >= 11 is 0. The zero-order valence-corrected chi connectivity index (χ0v) is 21.4. The van der Waals surface area contributed by atoms with Gasteiger partial charge in [-0.2, -0.15) is 5.10 Å². The molecular formula is C31H30N2O4. The average molecular weight is 495 g/mol. The Morgan fingerprint density at radius 2 is 1.73 bits per heavy atom. The highest BCUT2D eigenvalue weighted by atomic mass is 16.5. The molecule has 0 heterocycles. The summed E-state index contributed by atoms with van der Waals surface area (Å²) in [5.41, 5.74) is 6.61. The van der Waals surface area contributed by atoms with Crippen LogP contribution in [0.2, 0.25) is 0 Å². The number of esters is 1. The Labute approximate surface area is 216 Å².